The van der Waals surface area contributed by atoms with Gasteiger partial charge < -0.3 is 25.2 Å². The van der Waals surface area contributed by atoms with Gasteiger partial charge in [-0.3, -0.25) is 14.4 Å². The van der Waals surface area contributed by atoms with E-state index < -0.39 is 29.9 Å². The van der Waals surface area contributed by atoms with Gasteiger partial charge >= 0.3 is 5.97 Å². The highest BCUT2D eigenvalue weighted by Crippen LogP contribution is 2.29. The fourth-order valence-electron chi connectivity index (χ4n) is 2.62. The maximum absolute atomic E-state index is 12.3. The second-order valence-corrected chi connectivity index (χ2v) is 6.46. The summed E-state index contributed by atoms with van der Waals surface area (Å²) in [6.07, 6.45) is 2.43. The summed E-state index contributed by atoms with van der Waals surface area (Å²) in [5, 5.41) is 20.6. The van der Waals surface area contributed by atoms with Crippen LogP contribution in [-0.2, 0) is 20.9 Å². The lowest BCUT2D eigenvalue weighted by molar-refractivity contribution is -0.138. The first-order chi connectivity index (χ1) is 12.4. The highest BCUT2D eigenvalue weighted by molar-refractivity contribution is 6.20. The van der Waals surface area contributed by atoms with Gasteiger partial charge in [0.15, 0.2) is 0 Å². The molecule has 0 radical (unpaired) electrons. The van der Waals surface area contributed by atoms with Crippen LogP contribution in [0.15, 0.2) is 35.6 Å². The number of amides is 2. The van der Waals surface area contributed by atoms with Crippen molar-refractivity contribution in [3.05, 3.63) is 41.2 Å². The first-order valence-electron chi connectivity index (χ1n) is 8.37. The number of carbonyl (C=O) groups is 3. The van der Waals surface area contributed by atoms with E-state index in [2.05, 4.69) is 5.32 Å². The minimum absolute atomic E-state index is 0.0887. The monoisotopic (exact) mass is 360 g/mol. The number of ether oxygens (including phenoxy) is 1. The van der Waals surface area contributed by atoms with Gasteiger partial charge in [0.2, 0.25) is 0 Å². The van der Waals surface area contributed by atoms with Gasteiger partial charge in [-0.2, -0.15) is 0 Å². The zero-order chi connectivity index (χ0) is 18.7. The fourth-order valence-corrected chi connectivity index (χ4v) is 2.62. The minimum atomic E-state index is -1.23. The largest absolute Gasteiger partial charge is 0.509 e. The van der Waals surface area contributed by atoms with Gasteiger partial charge in [0.05, 0.1) is 13.2 Å². The van der Waals surface area contributed by atoms with Crippen LogP contribution in [-0.4, -0.2) is 52.6 Å². The summed E-state index contributed by atoms with van der Waals surface area (Å²) in [4.78, 5) is 36.0. The number of nitrogens with zero attached hydrogens (tertiary/aromatic N) is 1. The number of carboxylic acids is 1. The Kier molecular flexibility index (Phi) is 5.11. The van der Waals surface area contributed by atoms with Crippen LogP contribution in [0.4, 0.5) is 0 Å². The van der Waals surface area contributed by atoms with E-state index in [4.69, 9.17) is 9.84 Å². The van der Waals surface area contributed by atoms with Crippen LogP contribution < -0.4 is 10.1 Å². The van der Waals surface area contributed by atoms with Crippen LogP contribution in [0.3, 0.4) is 0 Å². The second-order valence-electron chi connectivity index (χ2n) is 6.46. The number of nitrogens with one attached hydrogen (secondary N) is 1. The van der Waals surface area contributed by atoms with E-state index in [-0.39, 0.29) is 18.8 Å². The van der Waals surface area contributed by atoms with E-state index in [0.29, 0.717) is 5.92 Å². The molecular weight excluding hydrogens is 340 g/mol. The third-order valence-electron chi connectivity index (χ3n) is 4.24. The molecule has 0 bridgehead atoms. The molecule has 3 N–H and O–H groups in total. The van der Waals surface area contributed by atoms with Gasteiger partial charge in [0, 0.05) is 6.54 Å². The summed E-state index contributed by atoms with van der Waals surface area (Å²) in [5.74, 6) is -1.67. The summed E-state index contributed by atoms with van der Waals surface area (Å²) in [6, 6.07) is 7.31. The summed E-state index contributed by atoms with van der Waals surface area (Å²) in [7, 11) is 0. The average molecular weight is 360 g/mol. The molecule has 1 aliphatic carbocycles. The lowest BCUT2D eigenvalue weighted by Crippen LogP contribution is -2.35. The predicted molar refractivity (Wildman–Crippen MR) is 90.4 cm³/mol. The number of aliphatic hydroxyl groups excluding tert-OH is 1. The first kappa shape index (κ1) is 17.8. The maximum atomic E-state index is 12.3. The van der Waals surface area contributed by atoms with Crippen LogP contribution in [0.25, 0.3) is 0 Å². The number of hydrogen-bond donors (Lipinski definition) is 3. The number of rotatable bonds is 8. The molecule has 0 aromatic heterocycles. The smallest absolute Gasteiger partial charge is 0.322 e. The highest BCUT2D eigenvalue weighted by atomic mass is 16.5. The molecule has 1 fully saturated rings. The Labute approximate surface area is 150 Å². The van der Waals surface area contributed by atoms with Crippen molar-refractivity contribution >= 4 is 17.8 Å². The standard InChI is InChI=1S/C18H20N2O6/c21-14-9-20(18(25)16(14)17(24)19-7-15(22)23)8-11-3-5-13(6-4-11)26-10-12-1-2-12/h3-6,12,21H,1-2,7-10H2,(H,19,24)(H,22,23). The molecular formula is C18H20N2O6. The van der Waals surface area contributed by atoms with Crippen LogP contribution in [0, 0.1) is 5.92 Å². The molecule has 26 heavy (non-hydrogen) atoms. The number of aliphatic carboxylic acids is 1. The Hall–Kier alpha value is -3.03. The molecule has 2 amide bonds. The fraction of sp³-hybridized carbons (Fsp3) is 0.389. The van der Waals surface area contributed by atoms with Crippen LogP contribution in [0.1, 0.15) is 18.4 Å². The van der Waals surface area contributed by atoms with Crippen molar-refractivity contribution in [2.75, 3.05) is 19.7 Å². The summed E-state index contributed by atoms with van der Waals surface area (Å²) in [5.41, 5.74) is 0.424. The van der Waals surface area contributed by atoms with Gasteiger partial charge in [-0.25, -0.2) is 0 Å². The summed E-state index contributed by atoms with van der Waals surface area (Å²) < 4.78 is 5.66. The normalized spacial score (nSPS) is 16.8. The molecule has 1 aliphatic heterocycles. The maximum Gasteiger partial charge on any atom is 0.322 e. The van der Waals surface area contributed by atoms with Gasteiger partial charge in [-0.1, -0.05) is 12.1 Å². The van der Waals surface area contributed by atoms with Crippen molar-refractivity contribution < 1.29 is 29.3 Å². The van der Waals surface area contributed by atoms with E-state index in [9.17, 15) is 19.5 Å². The quantitative estimate of drug-likeness (QED) is 0.592. The van der Waals surface area contributed by atoms with Crippen molar-refractivity contribution in [1.82, 2.24) is 10.2 Å². The molecule has 1 saturated carbocycles. The molecule has 0 unspecified atom stereocenters. The highest BCUT2D eigenvalue weighted by Gasteiger charge is 2.35. The van der Waals surface area contributed by atoms with Gasteiger partial charge in [-0.05, 0) is 36.5 Å². The molecule has 0 saturated heterocycles. The Balaban J connectivity index is 1.56. The van der Waals surface area contributed by atoms with E-state index in [1.807, 2.05) is 24.3 Å². The first-order valence-corrected chi connectivity index (χ1v) is 8.37. The van der Waals surface area contributed by atoms with Crippen LogP contribution in [0.5, 0.6) is 5.75 Å². The number of carbonyl (C=O) groups excluding carboxylic acids is 2. The third-order valence-corrected chi connectivity index (χ3v) is 4.24. The predicted octanol–water partition coefficient (Wildman–Crippen LogP) is 0.830. The minimum Gasteiger partial charge on any atom is -0.509 e. The Morgan fingerprint density at radius 3 is 2.54 bits per heavy atom. The van der Waals surface area contributed by atoms with Crippen molar-refractivity contribution in [2.24, 2.45) is 5.92 Å². The van der Waals surface area contributed by atoms with Crippen molar-refractivity contribution in [3.63, 3.8) is 0 Å². The lowest BCUT2D eigenvalue weighted by Gasteiger charge is -2.16. The molecule has 1 heterocycles. The zero-order valence-corrected chi connectivity index (χ0v) is 14.1. The topological polar surface area (TPSA) is 116 Å². The van der Waals surface area contributed by atoms with E-state index in [0.717, 1.165) is 17.9 Å². The molecule has 0 atom stereocenters. The van der Waals surface area contributed by atoms with Crippen LogP contribution in [0.2, 0.25) is 0 Å². The molecule has 8 heteroatoms. The SMILES string of the molecule is O=C(O)CNC(=O)C1=C(O)CN(Cc2ccc(OCC3CC3)cc2)C1=O. The second kappa shape index (κ2) is 7.47. The number of carboxylic acid groups (broad SMARTS) is 1. The summed E-state index contributed by atoms with van der Waals surface area (Å²) >= 11 is 0. The number of hydrogen-bond acceptors (Lipinski definition) is 5. The molecule has 1 aromatic rings. The zero-order valence-electron chi connectivity index (χ0n) is 14.1. The molecule has 3 rings (SSSR count). The lowest BCUT2D eigenvalue weighted by atomic mass is 10.2. The Morgan fingerprint density at radius 1 is 1.23 bits per heavy atom. The van der Waals surface area contributed by atoms with Crippen molar-refractivity contribution in [2.45, 2.75) is 19.4 Å². The molecule has 1 aromatic carbocycles. The Bertz CT molecular complexity index is 751. The van der Waals surface area contributed by atoms with E-state index in [1.54, 1.807) is 0 Å². The van der Waals surface area contributed by atoms with Gasteiger partial charge in [0.25, 0.3) is 11.8 Å². The van der Waals surface area contributed by atoms with E-state index >= 15 is 0 Å². The average Bonchev–Trinajstić information content (AvgIpc) is 3.38. The third kappa shape index (κ3) is 4.33. The molecule has 0 spiro atoms. The van der Waals surface area contributed by atoms with Crippen molar-refractivity contribution in [3.8, 4) is 5.75 Å². The van der Waals surface area contributed by atoms with Gasteiger partial charge in [-0.15, -0.1) is 0 Å². The van der Waals surface area contributed by atoms with Crippen LogP contribution >= 0.6 is 0 Å². The Morgan fingerprint density at radius 2 is 1.92 bits per heavy atom. The van der Waals surface area contributed by atoms with E-state index in [1.165, 1.54) is 17.7 Å². The number of benzene rings is 1. The molecule has 138 valence electrons. The number of aliphatic hydroxyl groups is 1. The summed E-state index contributed by atoms with van der Waals surface area (Å²) in [6.45, 7) is 0.234. The molecule has 8 nitrogen and oxygen atoms in total. The molecule has 2 aliphatic rings. The van der Waals surface area contributed by atoms with Gasteiger partial charge in [0.1, 0.15) is 23.6 Å². The van der Waals surface area contributed by atoms with Crippen molar-refractivity contribution in [1.29, 1.82) is 0 Å².